The largest absolute Gasteiger partial charge is 0.491 e. The molecule has 3 rings (SSSR count). The fourth-order valence-corrected chi connectivity index (χ4v) is 2.32. The molecule has 0 atom stereocenters. The molecule has 0 saturated heterocycles. The predicted molar refractivity (Wildman–Crippen MR) is 94.9 cm³/mol. The van der Waals surface area contributed by atoms with Gasteiger partial charge in [-0.2, -0.15) is 0 Å². The molecule has 3 aromatic rings. The Bertz CT molecular complexity index is 875. The van der Waals surface area contributed by atoms with Crippen molar-refractivity contribution in [2.45, 2.75) is 20.0 Å². The van der Waals surface area contributed by atoms with Crippen LogP contribution in [0.25, 0.3) is 11.5 Å². The molecular formula is C18H16ClN3O3. The number of carbonyl (C=O) groups is 1. The van der Waals surface area contributed by atoms with E-state index in [1.54, 1.807) is 48.5 Å². The van der Waals surface area contributed by atoms with Crippen LogP contribution in [0.1, 0.15) is 24.5 Å². The highest BCUT2D eigenvalue weighted by Crippen LogP contribution is 2.22. The first kappa shape index (κ1) is 17.0. The molecule has 0 fully saturated rings. The third kappa shape index (κ3) is 4.36. The molecule has 0 radical (unpaired) electrons. The number of hydrogen-bond acceptors (Lipinski definition) is 5. The van der Waals surface area contributed by atoms with Gasteiger partial charge < -0.3 is 14.5 Å². The van der Waals surface area contributed by atoms with Crippen molar-refractivity contribution < 1.29 is 13.9 Å². The minimum Gasteiger partial charge on any atom is -0.491 e. The number of rotatable bonds is 5. The van der Waals surface area contributed by atoms with Gasteiger partial charge >= 0.3 is 11.8 Å². The van der Waals surface area contributed by atoms with Crippen LogP contribution < -0.4 is 10.1 Å². The summed E-state index contributed by atoms with van der Waals surface area (Å²) < 4.78 is 11.0. The normalized spacial score (nSPS) is 10.7. The molecule has 7 heteroatoms. The van der Waals surface area contributed by atoms with Crippen LogP contribution in [0.5, 0.6) is 5.75 Å². The number of hydrogen-bond donors (Lipinski definition) is 1. The van der Waals surface area contributed by atoms with Crippen LogP contribution in [-0.4, -0.2) is 22.2 Å². The first-order valence-corrected chi connectivity index (χ1v) is 8.06. The van der Waals surface area contributed by atoms with Gasteiger partial charge in [-0.15, -0.1) is 10.2 Å². The summed E-state index contributed by atoms with van der Waals surface area (Å²) in [5, 5.41) is 10.9. The number of carbonyl (C=O) groups excluding carboxylic acids is 1. The molecule has 0 aliphatic rings. The summed E-state index contributed by atoms with van der Waals surface area (Å²) in [6, 6.07) is 14.0. The molecule has 0 spiro atoms. The molecule has 0 unspecified atom stereocenters. The number of nitrogens with one attached hydrogen (secondary N) is 1. The second-order valence-corrected chi connectivity index (χ2v) is 6.00. The molecule has 128 valence electrons. The van der Waals surface area contributed by atoms with Crippen molar-refractivity contribution in [1.82, 2.24) is 10.2 Å². The van der Waals surface area contributed by atoms with E-state index in [-0.39, 0.29) is 17.9 Å². The van der Waals surface area contributed by atoms with Gasteiger partial charge in [0, 0.05) is 16.3 Å². The topological polar surface area (TPSA) is 77.2 Å². The summed E-state index contributed by atoms with van der Waals surface area (Å²) in [4.78, 5) is 12.2. The highest BCUT2D eigenvalue weighted by atomic mass is 35.5. The highest BCUT2D eigenvalue weighted by Gasteiger charge is 2.16. The Morgan fingerprint density at radius 2 is 1.92 bits per heavy atom. The van der Waals surface area contributed by atoms with Crippen molar-refractivity contribution in [3.63, 3.8) is 0 Å². The zero-order chi connectivity index (χ0) is 17.8. The molecule has 2 aromatic carbocycles. The Balaban J connectivity index is 1.69. The van der Waals surface area contributed by atoms with Crippen LogP contribution in [-0.2, 0) is 0 Å². The molecule has 0 saturated carbocycles. The van der Waals surface area contributed by atoms with E-state index in [1.165, 1.54) is 0 Å². The zero-order valence-corrected chi connectivity index (χ0v) is 14.4. The maximum absolute atomic E-state index is 12.2. The van der Waals surface area contributed by atoms with Gasteiger partial charge in [0.2, 0.25) is 5.89 Å². The van der Waals surface area contributed by atoms with Crippen LogP contribution in [0.3, 0.4) is 0 Å². The van der Waals surface area contributed by atoms with Gasteiger partial charge in [-0.25, -0.2) is 0 Å². The molecule has 1 heterocycles. The minimum absolute atomic E-state index is 0.0868. The van der Waals surface area contributed by atoms with Crippen molar-refractivity contribution in [3.8, 4) is 17.2 Å². The van der Waals surface area contributed by atoms with Crippen molar-refractivity contribution in [1.29, 1.82) is 0 Å². The molecule has 25 heavy (non-hydrogen) atoms. The lowest BCUT2D eigenvalue weighted by atomic mass is 10.2. The van der Waals surface area contributed by atoms with Crippen LogP contribution in [0, 0.1) is 0 Å². The first-order chi connectivity index (χ1) is 12.0. The van der Waals surface area contributed by atoms with Crippen LogP contribution in [0.4, 0.5) is 5.69 Å². The van der Waals surface area contributed by atoms with E-state index in [1.807, 2.05) is 13.8 Å². The summed E-state index contributed by atoms with van der Waals surface area (Å²) in [6.07, 6.45) is 0.0868. The SMILES string of the molecule is CC(C)Oc1ccc(NC(=O)c2nnc(-c3cccc(Cl)c3)o2)cc1. The second kappa shape index (κ2) is 7.36. The maximum atomic E-state index is 12.2. The van der Waals surface area contributed by atoms with Crippen molar-refractivity contribution in [3.05, 3.63) is 59.4 Å². The van der Waals surface area contributed by atoms with Gasteiger partial charge in [-0.3, -0.25) is 4.79 Å². The van der Waals surface area contributed by atoms with Gasteiger partial charge in [0.25, 0.3) is 0 Å². The van der Waals surface area contributed by atoms with E-state index in [2.05, 4.69) is 15.5 Å². The number of benzene rings is 2. The van der Waals surface area contributed by atoms with E-state index < -0.39 is 5.91 Å². The summed E-state index contributed by atoms with van der Waals surface area (Å²) >= 11 is 5.94. The lowest BCUT2D eigenvalue weighted by Gasteiger charge is -2.10. The smallest absolute Gasteiger partial charge is 0.313 e. The van der Waals surface area contributed by atoms with Gasteiger partial charge in [-0.1, -0.05) is 17.7 Å². The first-order valence-electron chi connectivity index (χ1n) is 7.69. The molecular weight excluding hydrogens is 342 g/mol. The Morgan fingerprint density at radius 3 is 2.60 bits per heavy atom. The van der Waals surface area contributed by atoms with Gasteiger partial charge in [-0.05, 0) is 56.3 Å². The summed E-state index contributed by atoms with van der Waals surface area (Å²) in [6.45, 7) is 3.89. The lowest BCUT2D eigenvalue weighted by Crippen LogP contribution is -2.12. The van der Waals surface area contributed by atoms with Crippen molar-refractivity contribution in [2.75, 3.05) is 5.32 Å². The van der Waals surface area contributed by atoms with E-state index >= 15 is 0 Å². The van der Waals surface area contributed by atoms with Crippen molar-refractivity contribution >= 4 is 23.2 Å². The number of amides is 1. The zero-order valence-electron chi connectivity index (χ0n) is 13.7. The highest BCUT2D eigenvalue weighted by molar-refractivity contribution is 6.30. The molecule has 1 amide bonds. The Kier molecular flexibility index (Phi) is 5.00. The van der Waals surface area contributed by atoms with Crippen LogP contribution >= 0.6 is 11.6 Å². The van der Waals surface area contributed by atoms with Crippen LogP contribution in [0.2, 0.25) is 5.02 Å². The van der Waals surface area contributed by atoms with Gasteiger partial charge in [0.15, 0.2) is 0 Å². The monoisotopic (exact) mass is 357 g/mol. The predicted octanol–water partition coefficient (Wildman–Crippen LogP) is 4.43. The van der Waals surface area contributed by atoms with E-state index in [0.717, 1.165) is 5.75 Å². The van der Waals surface area contributed by atoms with Gasteiger partial charge in [0.1, 0.15) is 5.75 Å². The fourth-order valence-electron chi connectivity index (χ4n) is 2.13. The number of ether oxygens (including phenoxy) is 1. The standard InChI is InChI=1S/C18H16ClN3O3/c1-11(2)24-15-8-6-14(7-9-15)20-16(23)18-22-21-17(25-18)12-4-3-5-13(19)10-12/h3-11H,1-2H3,(H,20,23). The van der Waals surface area contributed by atoms with Gasteiger partial charge in [0.05, 0.1) is 6.10 Å². The number of nitrogens with zero attached hydrogens (tertiary/aromatic N) is 2. The summed E-state index contributed by atoms with van der Waals surface area (Å²) in [7, 11) is 0. The third-order valence-corrected chi connectivity index (χ3v) is 3.41. The Morgan fingerprint density at radius 1 is 1.16 bits per heavy atom. The Labute approximate surface area is 149 Å². The maximum Gasteiger partial charge on any atom is 0.313 e. The molecule has 1 aromatic heterocycles. The Hall–Kier alpha value is -2.86. The molecule has 6 nitrogen and oxygen atoms in total. The summed E-state index contributed by atoms with van der Waals surface area (Å²) in [5.41, 5.74) is 1.25. The molecule has 0 aliphatic heterocycles. The number of anilines is 1. The average Bonchev–Trinajstić information content (AvgIpc) is 3.06. The van der Waals surface area contributed by atoms with E-state index in [0.29, 0.717) is 16.3 Å². The fraction of sp³-hybridized carbons (Fsp3) is 0.167. The van der Waals surface area contributed by atoms with E-state index in [9.17, 15) is 4.79 Å². The molecule has 0 aliphatic carbocycles. The lowest BCUT2D eigenvalue weighted by molar-refractivity contribution is 0.0991. The molecule has 1 N–H and O–H groups in total. The average molecular weight is 358 g/mol. The number of aromatic nitrogens is 2. The number of halogens is 1. The molecule has 0 bridgehead atoms. The summed E-state index contributed by atoms with van der Waals surface area (Å²) in [5.74, 6) is 0.346. The minimum atomic E-state index is -0.488. The van der Waals surface area contributed by atoms with E-state index in [4.69, 9.17) is 20.8 Å². The van der Waals surface area contributed by atoms with Crippen molar-refractivity contribution in [2.24, 2.45) is 0 Å². The quantitative estimate of drug-likeness (QED) is 0.730. The van der Waals surface area contributed by atoms with Crippen LogP contribution in [0.15, 0.2) is 52.9 Å². The third-order valence-electron chi connectivity index (χ3n) is 3.17. The second-order valence-electron chi connectivity index (χ2n) is 5.57.